The van der Waals surface area contributed by atoms with E-state index in [0.29, 0.717) is 36.4 Å². The number of halogens is 1. The highest BCUT2D eigenvalue weighted by atomic mass is 19.1. The van der Waals surface area contributed by atoms with E-state index < -0.39 is 5.82 Å². The highest BCUT2D eigenvalue weighted by Crippen LogP contribution is 2.24. The first-order chi connectivity index (χ1) is 16.6. The lowest BCUT2D eigenvalue weighted by molar-refractivity contribution is 0.0699. The van der Waals surface area contributed by atoms with Crippen molar-refractivity contribution in [1.82, 2.24) is 25.3 Å². The molecule has 0 bridgehead atoms. The first-order valence-corrected chi connectivity index (χ1v) is 12.3. The van der Waals surface area contributed by atoms with Crippen LogP contribution in [0.15, 0.2) is 18.5 Å². The zero-order valence-electron chi connectivity index (χ0n) is 20.1. The van der Waals surface area contributed by atoms with Crippen LogP contribution in [0.25, 0.3) is 11.5 Å². The Hall–Kier alpha value is -2.43. The summed E-state index contributed by atoms with van der Waals surface area (Å²) in [4.78, 5) is 17.3. The molecule has 2 aromatic rings. The van der Waals surface area contributed by atoms with E-state index in [4.69, 9.17) is 9.47 Å². The fraction of sp³-hybridized carbons (Fsp3) is 0.667. The van der Waals surface area contributed by atoms with Crippen LogP contribution >= 0.6 is 0 Å². The predicted molar refractivity (Wildman–Crippen MR) is 129 cm³/mol. The summed E-state index contributed by atoms with van der Waals surface area (Å²) in [5.74, 6) is 1.33. The van der Waals surface area contributed by atoms with Gasteiger partial charge in [-0.1, -0.05) is 0 Å². The standard InChI is InChI=1S/C24H36FN7O2/c1-16(15-33-2)29-18-3-5-19(6-4-18)30-24-28-14-20(25)22(32-24)23-26-10-7-21(31-23)27-13-17-8-11-34-12-9-17/h7,10,14,16-19,29H,3-6,8-9,11-13,15H2,1-2H3,(H,26,27,31)(H,28,30,32)/t16-,18?,19?/m0/s1. The third-order valence-electron chi connectivity index (χ3n) is 6.52. The van der Waals surface area contributed by atoms with Gasteiger partial charge in [-0.2, -0.15) is 0 Å². The number of rotatable bonds is 10. The van der Waals surface area contributed by atoms with Crippen molar-refractivity contribution in [2.24, 2.45) is 5.92 Å². The molecule has 1 saturated carbocycles. The van der Waals surface area contributed by atoms with Crippen LogP contribution in [0.5, 0.6) is 0 Å². The summed E-state index contributed by atoms with van der Waals surface area (Å²) in [7, 11) is 1.72. The van der Waals surface area contributed by atoms with Crippen LogP contribution < -0.4 is 16.0 Å². The molecule has 1 aliphatic carbocycles. The van der Waals surface area contributed by atoms with Gasteiger partial charge in [0, 0.05) is 51.2 Å². The molecule has 2 aliphatic rings. The van der Waals surface area contributed by atoms with Gasteiger partial charge < -0.3 is 25.4 Å². The van der Waals surface area contributed by atoms with E-state index >= 15 is 0 Å². The number of nitrogens with zero attached hydrogens (tertiary/aromatic N) is 4. The molecule has 1 atom stereocenters. The van der Waals surface area contributed by atoms with E-state index in [-0.39, 0.29) is 17.6 Å². The second-order valence-electron chi connectivity index (χ2n) is 9.31. The van der Waals surface area contributed by atoms with Crippen molar-refractivity contribution >= 4 is 11.8 Å². The van der Waals surface area contributed by atoms with Gasteiger partial charge in [0.15, 0.2) is 11.6 Å². The van der Waals surface area contributed by atoms with Gasteiger partial charge in [-0.25, -0.2) is 24.3 Å². The second kappa shape index (κ2) is 12.3. The zero-order chi connectivity index (χ0) is 23.8. The van der Waals surface area contributed by atoms with Crippen LogP contribution in [0.4, 0.5) is 16.2 Å². The summed E-state index contributed by atoms with van der Waals surface area (Å²) in [5.41, 5.74) is 0.107. The molecule has 1 saturated heterocycles. The molecule has 34 heavy (non-hydrogen) atoms. The van der Waals surface area contributed by atoms with Crippen LogP contribution in [-0.4, -0.2) is 71.5 Å². The van der Waals surface area contributed by atoms with E-state index in [9.17, 15) is 4.39 Å². The molecule has 10 heteroatoms. The number of anilines is 2. The van der Waals surface area contributed by atoms with Crippen LogP contribution in [0.1, 0.15) is 45.4 Å². The maximum absolute atomic E-state index is 14.6. The van der Waals surface area contributed by atoms with Crippen molar-refractivity contribution in [3.63, 3.8) is 0 Å². The monoisotopic (exact) mass is 473 g/mol. The molecule has 0 amide bonds. The van der Waals surface area contributed by atoms with Gasteiger partial charge in [-0.05, 0) is 57.4 Å². The normalized spacial score (nSPS) is 22.3. The molecule has 0 aromatic carbocycles. The number of hydrogen-bond acceptors (Lipinski definition) is 9. The van der Waals surface area contributed by atoms with Gasteiger partial charge >= 0.3 is 0 Å². The van der Waals surface area contributed by atoms with Crippen molar-refractivity contribution in [2.45, 2.75) is 63.6 Å². The van der Waals surface area contributed by atoms with Crippen molar-refractivity contribution < 1.29 is 13.9 Å². The van der Waals surface area contributed by atoms with Gasteiger partial charge in [0.1, 0.15) is 11.5 Å². The van der Waals surface area contributed by atoms with E-state index in [1.54, 1.807) is 19.4 Å². The van der Waals surface area contributed by atoms with Crippen LogP contribution in [0.3, 0.4) is 0 Å². The zero-order valence-corrected chi connectivity index (χ0v) is 20.1. The van der Waals surface area contributed by atoms with E-state index in [1.165, 1.54) is 6.20 Å². The lowest BCUT2D eigenvalue weighted by Crippen LogP contribution is -2.43. The van der Waals surface area contributed by atoms with Crippen molar-refractivity contribution in [1.29, 1.82) is 0 Å². The maximum atomic E-state index is 14.6. The van der Waals surface area contributed by atoms with Crippen molar-refractivity contribution in [3.05, 3.63) is 24.3 Å². The molecule has 0 spiro atoms. The predicted octanol–water partition coefficient (Wildman–Crippen LogP) is 3.26. The number of methoxy groups -OCH3 is 1. The Bertz CT molecular complexity index is 905. The Morgan fingerprint density at radius 1 is 1.09 bits per heavy atom. The van der Waals surface area contributed by atoms with Crippen LogP contribution in [0, 0.1) is 11.7 Å². The van der Waals surface area contributed by atoms with Gasteiger partial charge in [0.25, 0.3) is 0 Å². The van der Waals surface area contributed by atoms with E-state index in [2.05, 4.69) is 42.8 Å². The summed E-state index contributed by atoms with van der Waals surface area (Å²) in [6, 6.07) is 2.87. The molecule has 2 aromatic heterocycles. The minimum atomic E-state index is -0.535. The fourth-order valence-electron chi connectivity index (χ4n) is 4.65. The molecule has 3 heterocycles. The SMILES string of the molecule is COC[C@H](C)NC1CCC(Nc2ncc(F)c(-c3nccc(NCC4CCOCC4)n3)n2)CC1. The third kappa shape index (κ3) is 7.04. The van der Waals surface area contributed by atoms with Gasteiger partial charge in [-0.3, -0.25) is 0 Å². The second-order valence-corrected chi connectivity index (χ2v) is 9.31. The highest BCUT2D eigenvalue weighted by Gasteiger charge is 2.23. The Morgan fingerprint density at radius 3 is 2.62 bits per heavy atom. The molecular weight excluding hydrogens is 437 g/mol. The molecule has 3 N–H and O–H groups in total. The summed E-state index contributed by atoms with van der Waals surface area (Å²) >= 11 is 0. The largest absolute Gasteiger partial charge is 0.383 e. The average molecular weight is 474 g/mol. The smallest absolute Gasteiger partial charge is 0.223 e. The maximum Gasteiger partial charge on any atom is 0.223 e. The topological polar surface area (TPSA) is 106 Å². The summed E-state index contributed by atoms with van der Waals surface area (Å²) < 4.78 is 25.2. The molecule has 0 unspecified atom stereocenters. The third-order valence-corrected chi connectivity index (χ3v) is 6.52. The Labute approximate surface area is 200 Å². The number of nitrogens with one attached hydrogen (secondary N) is 3. The molecule has 4 rings (SSSR count). The van der Waals surface area contributed by atoms with Crippen molar-refractivity contribution in [2.75, 3.05) is 44.1 Å². The number of ether oxygens (including phenoxy) is 2. The van der Waals surface area contributed by atoms with Crippen molar-refractivity contribution in [3.8, 4) is 11.5 Å². The Morgan fingerprint density at radius 2 is 1.85 bits per heavy atom. The number of aromatic nitrogens is 4. The molecule has 9 nitrogen and oxygen atoms in total. The average Bonchev–Trinajstić information content (AvgIpc) is 2.86. The Balaban J connectivity index is 1.34. The molecular formula is C24H36FN7O2. The lowest BCUT2D eigenvalue weighted by atomic mass is 9.91. The molecule has 1 aliphatic heterocycles. The summed E-state index contributed by atoms with van der Waals surface area (Å²) in [5, 5.41) is 10.3. The Kier molecular flexibility index (Phi) is 8.95. The lowest BCUT2D eigenvalue weighted by Gasteiger charge is -2.31. The van der Waals surface area contributed by atoms with Gasteiger partial charge in [-0.15, -0.1) is 0 Å². The highest BCUT2D eigenvalue weighted by molar-refractivity contribution is 5.54. The summed E-state index contributed by atoms with van der Waals surface area (Å²) in [6.07, 6.45) is 8.99. The number of hydrogen-bond donors (Lipinski definition) is 3. The first-order valence-electron chi connectivity index (χ1n) is 12.3. The van der Waals surface area contributed by atoms with E-state index in [1.807, 2.05) is 0 Å². The molecule has 2 fully saturated rings. The van der Waals surface area contributed by atoms with Gasteiger partial charge in [0.05, 0.1) is 12.8 Å². The first kappa shape index (κ1) is 24.7. The minimum Gasteiger partial charge on any atom is -0.383 e. The quantitative estimate of drug-likeness (QED) is 0.479. The molecule has 0 radical (unpaired) electrons. The van der Waals surface area contributed by atoms with Gasteiger partial charge in [0.2, 0.25) is 5.95 Å². The molecule has 186 valence electrons. The fourth-order valence-corrected chi connectivity index (χ4v) is 4.65. The van der Waals surface area contributed by atoms with Crippen LogP contribution in [-0.2, 0) is 9.47 Å². The minimum absolute atomic E-state index is 0.107. The van der Waals surface area contributed by atoms with E-state index in [0.717, 1.165) is 58.3 Å². The van der Waals surface area contributed by atoms with Crippen LogP contribution in [0.2, 0.25) is 0 Å². The summed E-state index contributed by atoms with van der Waals surface area (Å²) in [6.45, 7) is 5.25.